The van der Waals surface area contributed by atoms with Gasteiger partial charge < -0.3 is 19.9 Å². The number of nitrogen functional groups attached to an aromatic ring is 1. The molecule has 106 valence electrons. The zero-order valence-electron chi connectivity index (χ0n) is 11.7. The quantitative estimate of drug-likeness (QED) is 0.844. The minimum atomic E-state index is -0.455. The first-order chi connectivity index (χ1) is 8.87. The third-order valence-electron chi connectivity index (χ3n) is 3.14. The molecular formula is C13H21N3O3. The summed E-state index contributed by atoms with van der Waals surface area (Å²) in [6, 6.07) is 0. The summed E-state index contributed by atoms with van der Waals surface area (Å²) in [6.07, 6.45) is 2.91. The highest BCUT2D eigenvalue weighted by atomic mass is 16.6. The molecule has 0 atom stereocenters. The summed E-state index contributed by atoms with van der Waals surface area (Å²) in [6.45, 7) is 6.91. The molecule has 6 heteroatoms. The largest absolute Gasteiger partial charge is 0.444 e. The van der Waals surface area contributed by atoms with E-state index in [4.69, 9.17) is 15.0 Å². The van der Waals surface area contributed by atoms with Crippen LogP contribution in [-0.2, 0) is 4.74 Å². The Bertz CT molecular complexity index is 442. The molecule has 0 radical (unpaired) electrons. The average molecular weight is 267 g/mol. The topological polar surface area (TPSA) is 81.6 Å². The average Bonchev–Trinajstić information content (AvgIpc) is 2.73. The monoisotopic (exact) mass is 267 g/mol. The van der Waals surface area contributed by atoms with E-state index in [1.807, 2.05) is 20.8 Å². The van der Waals surface area contributed by atoms with E-state index in [0.29, 0.717) is 18.8 Å². The highest BCUT2D eigenvalue weighted by molar-refractivity contribution is 5.68. The Morgan fingerprint density at radius 2 is 2.11 bits per heavy atom. The van der Waals surface area contributed by atoms with Crippen LogP contribution < -0.4 is 5.73 Å². The van der Waals surface area contributed by atoms with Gasteiger partial charge in [-0.15, -0.1) is 0 Å². The van der Waals surface area contributed by atoms with Crippen molar-refractivity contribution in [2.75, 3.05) is 18.8 Å². The van der Waals surface area contributed by atoms with Gasteiger partial charge in [0, 0.05) is 19.0 Å². The van der Waals surface area contributed by atoms with Crippen molar-refractivity contribution < 1.29 is 14.1 Å². The van der Waals surface area contributed by atoms with Crippen molar-refractivity contribution in [2.45, 2.75) is 45.1 Å². The number of hydrogen-bond acceptors (Lipinski definition) is 5. The lowest BCUT2D eigenvalue weighted by molar-refractivity contribution is 0.0199. The van der Waals surface area contributed by atoms with Crippen LogP contribution in [0.4, 0.5) is 10.5 Å². The number of anilines is 1. The number of nitrogens with zero attached hydrogens (tertiary/aromatic N) is 2. The molecule has 1 amide bonds. The highest BCUT2D eigenvalue weighted by Gasteiger charge is 2.29. The number of carbonyl (C=O) groups is 1. The number of amides is 1. The number of aromatic nitrogens is 1. The molecule has 1 aromatic rings. The molecule has 1 fully saturated rings. The lowest BCUT2D eigenvalue weighted by atomic mass is 9.94. The van der Waals surface area contributed by atoms with Gasteiger partial charge in [-0.05, 0) is 33.6 Å². The van der Waals surface area contributed by atoms with Crippen molar-refractivity contribution in [1.29, 1.82) is 0 Å². The van der Waals surface area contributed by atoms with Crippen LogP contribution in [0.5, 0.6) is 0 Å². The van der Waals surface area contributed by atoms with Gasteiger partial charge in [0.25, 0.3) is 0 Å². The predicted molar refractivity (Wildman–Crippen MR) is 70.7 cm³/mol. The second-order valence-electron chi connectivity index (χ2n) is 5.89. The van der Waals surface area contributed by atoms with Crippen LogP contribution in [0.25, 0.3) is 0 Å². The van der Waals surface area contributed by atoms with Crippen molar-refractivity contribution in [3.8, 4) is 0 Å². The lowest BCUT2D eigenvalue weighted by Crippen LogP contribution is -2.41. The Morgan fingerprint density at radius 3 is 2.58 bits per heavy atom. The smallest absolute Gasteiger partial charge is 0.410 e. The summed E-state index contributed by atoms with van der Waals surface area (Å²) in [5, 5.41) is 3.69. The van der Waals surface area contributed by atoms with Gasteiger partial charge in [0.2, 0.25) is 0 Å². The second-order valence-corrected chi connectivity index (χ2v) is 5.89. The Hall–Kier alpha value is -1.72. The van der Waals surface area contributed by atoms with Gasteiger partial charge in [-0.2, -0.15) is 0 Å². The number of piperidine rings is 1. The first-order valence-electron chi connectivity index (χ1n) is 6.55. The van der Waals surface area contributed by atoms with Gasteiger partial charge in [0.15, 0.2) is 5.76 Å². The summed E-state index contributed by atoms with van der Waals surface area (Å²) in [5.74, 6) is 0.977. The molecule has 2 heterocycles. The molecule has 19 heavy (non-hydrogen) atoms. The third-order valence-corrected chi connectivity index (χ3v) is 3.14. The Labute approximate surface area is 112 Å². The van der Waals surface area contributed by atoms with E-state index in [2.05, 4.69) is 5.16 Å². The van der Waals surface area contributed by atoms with E-state index in [1.165, 1.54) is 6.20 Å². The van der Waals surface area contributed by atoms with Crippen molar-refractivity contribution in [3.63, 3.8) is 0 Å². The van der Waals surface area contributed by atoms with Crippen LogP contribution >= 0.6 is 0 Å². The fourth-order valence-electron chi connectivity index (χ4n) is 2.22. The summed E-state index contributed by atoms with van der Waals surface area (Å²) >= 11 is 0. The summed E-state index contributed by atoms with van der Waals surface area (Å²) < 4.78 is 10.5. The standard InChI is InChI=1S/C13H21N3O3/c1-13(2,3)18-12(17)16-6-4-9(5-7-16)11-10(14)8-15-19-11/h8-9H,4-7,14H2,1-3H3. The molecule has 0 bridgehead atoms. The fraction of sp³-hybridized carbons (Fsp3) is 0.692. The molecule has 1 aliphatic heterocycles. The van der Waals surface area contributed by atoms with E-state index < -0.39 is 5.60 Å². The summed E-state index contributed by atoms with van der Waals surface area (Å²) in [5.41, 5.74) is 5.93. The van der Waals surface area contributed by atoms with Crippen LogP contribution in [0, 0.1) is 0 Å². The summed E-state index contributed by atoms with van der Waals surface area (Å²) in [4.78, 5) is 13.6. The molecule has 0 saturated carbocycles. The van der Waals surface area contributed by atoms with E-state index in [1.54, 1.807) is 4.90 Å². The molecule has 0 aromatic carbocycles. The van der Waals surface area contributed by atoms with E-state index in [0.717, 1.165) is 18.6 Å². The fourth-order valence-corrected chi connectivity index (χ4v) is 2.22. The number of carbonyl (C=O) groups excluding carboxylic acids is 1. The third kappa shape index (κ3) is 3.39. The molecule has 0 spiro atoms. The lowest BCUT2D eigenvalue weighted by Gasteiger charge is -2.32. The van der Waals surface area contributed by atoms with Gasteiger partial charge >= 0.3 is 6.09 Å². The molecule has 1 aromatic heterocycles. The van der Waals surface area contributed by atoms with Crippen LogP contribution in [0.1, 0.15) is 45.3 Å². The maximum absolute atomic E-state index is 11.9. The van der Waals surface area contributed by atoms with Gasteiger partial charge in [-0.1, -0.05) is 5.16 Å². The van der Waals surface area contributed by atoms with Gasteiger partial charge in [0.05, 0.1) is 11.9 Å². The van der Waals surface area contributed by atoms with Crippen LogP contribution in [0.15, 0.2) is 10.7 Å². The second kappa shape index (κ2) is 5.11. The van der Waals surface area contributed by atoms with E-state index in [-0.39, 0.29) is 12.0 Å². The molecule has 2 rings (SSSR count). The maximum Gasteiger partial charge on any atom is 0.410 e. The number of rotatable bonds is 1. The van der Waals surface area contributed by atoms with Gasteiger partial charge in [-0.3, -0.25) is 0 Å². The molecule has 2 N–H and O–H groups in total. The predicted octanol–water partition coefficient (Wildman–Crippen LogP) is 2.37. The molecule has 0 unspecified atom stereocenters. The van der Waals surface area contributed by atoms with Gasteiger partial charge in [-0.25, -0.2) is 4.79 Å². The van der Waals surface area contributed by atoms with E-state index in [9.17, 15) is 4.79 Å². The van der Waals surface area contributed by atoms with Gasteiger partial charge in [0.1, 0.15) is 5.60 Å². The number of ether oxygens (including phenoxy) is 1. The first-order valence-corrected chi connectivity index (χ1v) is 6.55. The minimum Gasteiger partial charge on any atom is -0.444 e. The molecule has 1 saturated heterocycles. The maximum atomic E-state index is 11.9. The number of nitrogens with two attached hydrogens (primary N) is 1. The van der Waals surface area contributed by atoms with Crippen LogP contribution in [0.2, 0.25) is 0 Å². The number of likely N-dealkylation sites (tertiary alicyclic amines) is 1. The SMILES string of the molecule is CC(C)(C)OC(=O)N1CCC(c2oncc2N)CC1. The van der Waals surface area contributed by atoms with Crippen molar-refractivity contribution in [2.24, 2.45) is 0 Å². The minimum absolute atomic E-state index is 0.237. The molecule has 1 aliphatic rings. The normalized spacial score (nSPS) is 17.5. The molecule has 6 nitrogen and oxygen atoms in total. The Kier molecular flexibility index (Phi) is 3.68. The summed E-state index contributed by atoms with van der Waals surface area (Å²) in [7, 11) is 0. The Morgan fingerprint density at radius 1 is 1.47 bits per heavy atom. The molecular weight excluding hydrogens is 246 g/mol. The highest BCUT2D eigenvalue weighted by Crippen LogP contribution is 2.31. The van der Waals surface area contributed by atoms with Crippen molar-refractivity contribution in [1.82, 2.24) is 10.1 Å². The van der Waals surface area contributed by atoms with Crippen LogP contribution in [0.3, 0.4) is 0 Å². The molecule has 0 aliphatic carbocycles. The zero-order valence-corrected chi connectivity index (χ0v) is 11.7. The van der Waals surface area contributed by atoms with E-state index >= 15 is 0 Å². The zero-order chi connectivity index (χ0) is 14.0. The Balaban J connectivity index is 1.89. The van der Waals surface area contributed by atoms with Crippen LogP contribution in [-0.4, -0.2) is 34.8 Å². The van der Waals surface area contributed by atoms with Crippen molar-refractivity contribution in [3.05, 3.63) is 12.0 Å². The van der Waals surface area contributed by atoms with Crippen molar-refractivity contribution >= 4 is 11.8 Å². The first kappa shape index (κ1) is 13.7. The number of hydrogen-bond donors (Lipinski definition) is 1.